The minimum absolute atomic E-state index is 0.160. The van der Waals surface area contributed by atoms with Crippen molar-refractivity contribution in [3.8, 4) is 5.69 Å². The van der Waals surface area contributed by atoms with Crippen molar-refractivity contribution in [1.82, 2.24) is 14.9 Å². The number of nitrogens with one attached hydrogen (secondary N) is 1. The van der Waals surface area contributed by atoms with Crippen LogP contribution in [-0.4, -0.2) is 35.1 Å². The first-order valence-corrected chi connectivity index (χ1v) is 8.06. The number of nitrogens with zero attached hydrogens (tertiary/aromatic N) is 2. The van der Waals surface area contributed by atoms with Gasteiger partial charge in [-0.3, -0.25) is 14.2 Å². The molecule has 6 nitrogen and oxygen atoms in total. The minimum Gasteiger partial charge on any atom is -0.469 e. The third kappa shape index (κ3) is 3.85. The van der Waals surface area contributed by atoms with Crippen LogP contribution < -0.4 is 5.32 Å². The zero-order valence-electron chi connectivity index (χ0n) is 13.9. The molecule has 0 saturated heterocycles. The predicted molar refractivity (Wildman–Crippen MR) is 94.7 cm³/mol. The molecule has 1 N–H and O–H groups in total. The SMILES string of the molecule is COC(=O)CCCNC(=O)c1ccc(-n2cnc3ccccc32)cc1. The van der Waals surface area contributed by atoms with Crippen molar-refractivity contribution in [2.24, 2.45) is 0 Å². The van der Waals surface area contributed by atoms with Gasteiger partial charge in [-0.05, 0) is 42.8 Å². The number of methoxy groups -OCH3 is 1. The van der Waals surface area contributed by atoms with Crippen LogP contribution in [0.5, 0.6) is 0 Å². The first kappa shape index (κ1) is 16.7. The van der Waals surface area contributed by atoms with Crippen molar-refractivity contribution < 1.29 is 14.3 Å². The van der Waals surface area contributed by atoms with E-state index in [1.165, 1.54) is 7.11 Å². The highest BCUT2D eigenvalue weighted by Gasteiger charge is 2.08. The van der Waals surface area contributed by atoms with Crippen LogP contribution in [-0.2, 0) is 9.53 Å². The summed E-state index contributed by atoms with van der Waals surface area (Å²) in [7, 11) is 1.35. The Morgan fingerprint density at radius 1 is 1.12 bits per heavy atom. The maximum Gasteiger partial charge on any atom is 0.305 e. The number of carbonyl (C=O) groups is 2. The molecule has 1 aromatic heterocycles. The van der Waals surface area contributed by atoms with Gasteiger partial charge in [0.25, 0.3) is 5.91 Å². The van der Waals surface area contributed by atoms with Gasteiger partial charge in [0.1, 0.15) is 6.33 Å². The summed E-state index contributed by atoms with van der Waals surface area (Å²) in [4.78, 5) is 27.5. The molecule has 0 radical (unpaired) electrons. The highest BCUT2D eigenvalue weighted by molar-refractivity contribution is 5.94. The molecule has 6 heteroatoms. The van der Waals surface area contributed by atoms with E-state index >= 15 is 0 Å². The highest BCUT2D eigenvalue weighted by Crippen LogP contribution is 2.18. The van der Waals surface area contributed by atoms with Gasteiger partial charge in [-0.15, -0.1) is 0 Å². The Labute approximate surface area is 145 Å². The molecule has 0 spiro atoms. The van der Waals surface area contributed by atoms with Crippen molar-refractivity contribution in [3.63, 3.8) is 0 Å². The van der Waals surface area contributed by atoms with Gasteiger partial charge in [-0.2, -0.15) is 0 Å². The van der Waals surface area contributed by atoms with Crippen LogP contribution in [0.15, 0.2) is 54.9 Å². The Kier molecular flexibility index (Phi) is 5.09. The third-order valence-corrected chi connectivity index (χ3v) is 3.93. The molecule has 1 amide bonds. The maximum atomic E-state index is 12.1. The third-order valence-electron chi connectivity index (χ3n) is 3.93. The second-order valence-electron chi connectivity index (χ2n) is 5.59. The first-order valence-electron chi connectivity index (χ1n) is 8.06. The van der Waals surface area contributed by atoms with Crippen molar-refractivity contribution in [1.29, 1.82) is 0 Å². The standard InChI is InChI=1S/C19H19N3O3/c1-25-18(23)7-4-12-20-19(24)14-8-10-15(11-9-14)22-13-21-16-5-2-3-6-17(16)22/h2-3,5-6,8-11,13H,4,7,12H2,1H3,(H,20,24). The van der Waals surface area contributed by atoms with Gasteiger partial charge in [0.05, 0.1) is 18.1 Å². The number of rotatable bonds is 6. The number of aromatic nitrogens is 2. The van der Waals surface area contributed by atoms with Gasteiger partial charge in [0, 0.05) is 24.2 Å². The molecular weight excluding hydrogens is 318 g/mol. The second kappa shape index (κ2) is 7.61. The molecule has 3 aromatic rings. The monoisotopic (exact) mass is 337 g/mol. The Balaban J connectivity index is 1.64. The molecule has 1 heterocycles. The summed E-state index contributed by atoms with van der Waals surface area (Å²) in [5.41, 5.74) is 3.46. The number of carbonyl (C=O) groups excluding carboxylic acids is 2. The molecule has 2 aromatic carbocycles. The second-order valence-corrected chi connectivity index (χ2v) is 5.59. The molecule has 128 valence electrons. The average molecular weight is 337 g/mol. The highest BCUT2D eigenvalue weighted by atomic mass is 16.5. The molecule has 0 unspecified atom stereocenters. The van der Waals surface area contributed by atoms with Crippen molar-refractivity contribution >= 4 is 22.9 Å². The summed E-state index contributed by atoms with van der Waals surface area (Å²) in [6.45, 7) is 0.432. The number of para-hydroxylation sites is 2. The van der Waals surface area contributed by atoms with Gasteiger partial charge < -0.3 is 10.1 Å². The average Bonchev–Trinajstić information content (AvgIpc) is 3.09. The zero-order chi connectivity index (χ0) is 17.6. The number of esters is 1. The summed E-state index contributed by atoms with van der Waals surface area (Å²) >= 11 is 0. The van der Waals surface area contributed by atoms with E-state index in [4.69, 9.17) is 0 Å². The number of hydrogen-bond donors (Lipinski definition) is 1. The Hall–Kier alpha value is -3.15. The predicted octanol–water partition coefficient (Wildman–Crippen LogP) is 2.71. The summed E-state index contributed by atoms with van der Waals surface area (Å²) < 4.78 is 6.54. The number of amides is 1. The molecule has 0 atom stereocenters. The molecule has 0 aliphatic rings. The number of imidazole rings is 1. The van der Waals surface area contributed by atoms with E-state index in [0.29, 0.717) is 24.9 Å². The molecule has 0 saturated carbocycles. The number of hydrogen-bond acceptors (Lipinski definition) is 4. The van der Waals surface area contributed by atoms with E-state index < -0.39 is 0 Å². The van der Waals surface area contributed by atoms with Crippen LogP contribution >= 0.6 is 0 Å². The van der Waals surface area contributed by atoms with Gasteiger partial charge >= 0.3 is 5.97 Å². The first-order chi connectivity index (χ1) is 12.2. The van der Waals surface area contributed by atoms with E-state index in [-0.39, 0.29) is 11.9 Å². The van der Waals surface area contributed by atoms with Gasteiger partial charge in [-0.1, -0.05) is 12.1 Å². The Morgan fingerprint density at radius 3 is 2.64 bits per heavy atom. The largest absolute Gasteiger partial charge is 0.469 e. The van der Waals surface area contributed by atoms with E-state index in [0.717, 1.165) is 16.7 Å². The summed E-state index contributed by atoms with van der Waals surface area (Å²) in [6.07, 6.45) is 2.62. The Morgan fingerprint density at radius 2 is 1.88 bits per heavy atom. The Bertz CT molecular complexity index is 884. The molecule has 3 rings (SSSR count). The fourth-order valence-electron chi connectivity index (χ4n) is 2.58. The molecule has 0 bridgehead atoms. The van der Waals surface area contributed by atoms with Gasteiger partial charge in [0.2, 0.25) is 0 Å². The molecule has 0 aliphatic heterocycles. The topological polar surface area (TPSA) is 73.2 Å². The summed E-state index contributed by atoms with van der Waals surface area (Å²) in [5, 5.41) is 2.80. The molecule has 25 heavy (non-hydrogen) atoms. The quantitative estimate of drug-likeness (QED) is 0.554. The van der Waals surface area contributed by atoms with Crippen molar-refractivity contribution in [2.75, 3.05) is 13.7 Å². The number of fused-ring (bicyclic) bond motifs is 1. The summed E-state index contributed by atoms with van der Waals surface area (Å²) in [5.74, 6) is -0.432. The van der Waals surface area contributed by atoms with E-state index in [9.17, 15) is 9.59 Å². The van der Waals surface area contributed by atoms with E-state index in [1.54, 1.807) is 18.5 Å². The normalized spacial score (nSPS) is 10.6. The van der Waals surface area contributed by atoms with Crippen LogP contribution in [0.25, 0.3) is 16.7 Å². The summed E-state index contributed by atoms with van der Waals surface area (Å²) in [6, 6.07) is 15.2. The fourth-order valence-corrected chi connectivity index (χ4v) is 2.58. The van der Waals surface area contributed by atoms with Crippen LogP contribution in [0.3, 0.4) is 0 Å². The lowest BCUT2D eigenvalue weighted by Gasteiger charge is -2.07. The lowest BCUT2D eigenvalue weighted by molar-refractivity contribution is -0.140. The van der Waals surface area contributed by atoms with E-state index in [1.807, 2.05) is 41.0 Å². The minimum atomic E-state index is -0.272. The van der Waals surface area contributed by atoms with E-state index in [2.05, 4.69) is 15.0 Å². The number of ether oxygens (including phenoxy) is 1. The van der Waals surface area contributed by atoms with Crippen molar-refractivity contribution in [2.45, 2.75) is 12.8 Å². The molecular formula is C19H19N3O3. The molecule has 0 aliphatic carbocycles. The van der Waals surface area contributed by atoms with Crippen LogP contribution in [0, 0.1) is 0 Å². The van der Waals surface area contributed by atoms with Crippen LogP contribution in [0.2, 0.25) is 0 Å². The van der Waals surface area contributed by atoms with Gasteiger partial charge in [0.15, 0.2) is 0 Å². The maximum absolute atomic E-state index is 12.1. The zero-order valence-corrected chi connectivity index (χ0v) is 13.9. The lowest BCUT2D eigenvalue weighted by Crippen LogP contribution is -2.24. The smallest absolute Gasteiger partial charge is 0.305 e. The fraction of sp³-hybridized carbons (Fsp3) is 0.211. The number of benzene rings is 2. The van der Waals surface area contributed by atoms with Crippen molar-refractivity contribution in [3.05, 3.63) is 60.4 Å². The van der Waals surface area contributed by atoms with Crippen LogP contribution in [0.1, 0.15) is 23.2 Å². The molecule has 0 fully saturated rings. The van der Waals surface area contributed by atoms with Crippen LogP contribution in [0.4, 0.5) is 0 Å². The van der Waals surface area contributed by atoms with Gasteiger partial charge in [-0.25, -0.2) is 4.98 Å². The lowest BCUT2D eigenvalue weighted by atomic mass is 10.2.